The van der Waals surface area contributed by atoms with Gasteiger partial charge in [0, 0.05) is 6.42 Å². The van der Waals surface area contributed by atoms with Crippen molar-refractivity contribution < 1.29 is 24.5 Å². The molecular weight excluding hydrogens is 731 g/mol. The number of amides is 1. The average molecular weight is 826 g/mol. The number of hydrogen-bond acceptors (Lipinski definition) is 5. The fourth-order valence-electron chi connectivity index (χ4n) is 7.25. The van der Waals surface area contributed by atoms with Gasteiger partial charge in [0.2, 0.25) is 5.91 Å². The Kier molecular flexibility index (Phi) is 44.7. The van der Waals surface area contributed by atoms with Crippen molar-refractivity contribution in [3.63, 3.8) is 0 Å². The first-order valence-electron chi connectivity index (χ1n) is 25.0. The first kappa shape index (κ1) is 56.6. The molecule has 0 aromatic rings. The topological polar surface area (TPSA) is 95.9 Å². The number of rotatable bonds is 44. The molecule has 0 aromatic heterocycles. The lowest BCUT2D eigenvalue weighted by Gasteiger charge is -2.24. The molecule has 0 heterocycles. The van der Waals surface area contributed by atoms with Crippen LogP contribution >= 0.6 is 0 Å². The maximum Gasteiger partial charge on any atom is 0.306 e. The van der Waals surface area contributed by atoms with E-state index >= 15 is 0 Å². The predicted molar refractivity (Wildman–Crippen MR) is 255 cm³/mol. The Hall–Kier alpha value is -2.44. The SMILES string of the molecule is CCC/C=C\CCCCCC(CC(=O)NC(CO)C(O)CCCCCCCCCCCCCCCCC)OC(=O)CCC/C=C\C/C=C\C/C=C\C/C=C\CCCCC. The molecule has 0 aromatic carbocycles. The number of esters is 1. The smallest absolute Gasteiger partial charge is 0.306 e. The van der Waals surface area contributed by atoms with Gasteiger partial charge in [0.15, 0.2) is 0 Å². The van der Waals surface area contributed by atoms with Crippen molar-refractivity contribution in [3.05, 3.63) is 60.8 Å². The van der Waals surface area contributed by atoms with Gasteiger partial charge in [0.05, 0.1) is 25.2 Å². The average Bonchev–Trinajstić information content (AvgIpc) is 3.23. The molecule has 0 saturated carbocycles. The summed E-state index contributed by atoms with van der Waals surface area (Å²) in [5, 5.41) is 23.7. The van der Waals surface area contributed by atoms with Crippen LogP contribution < -0.4 is 5.32 Å². The number of nitrogens with one attached hydrogen (secondary N) is 1. The molecule has 0 bridgehead atoms. The minimum absolute atomic E-state index is 0.0432. The molecule has 0 spiro atoms. The van der Waals surface area contributed by atoms with Crippen LogP contribution in [-0.2, 0) is 14.3 Å². The number of unbranched alkanes of at least 4 members (excludes halogenated alkanes) is 22. The Balaban J connectivity index is 4.51. The maximum absolute atomic E-state index is 13.1. The van der Waals surface area contributed by atoms with Crippen LogP contribution in [0.1, 0.15) is 239 Å². The Morgan fingerprint density at radius 3 is 1.42 bits per heavy atom. The second-order valence-electron chi connectivity index (χ2n) is 16.9. The number of ether oxygens (including phenoxy) is 1. The highest BCUT2D eigenvalue weighted by atomic mass is 16.5. The fourth-order valence-corrected chi connectivity index (χ4v) is 7.25. The van der Waals surface area contributed by atoms with Gasteiger partial charge in [-0.25, -0.2) is 0 Å². The van der Waals surface area contributed by atoms with Crippen LogP contribution in [-0.4, -0.2) is 46.9 Å². The van der Waals surface area contributed by atoms with Crippen molar-refractivity contribution in [3.8, 4) is 0 Å². The van der Waals surface area contributed by atoms with E-state index in [1.807, 2.05) is 0 Å². The standard InChI is InChI=1S/C53H95NO5/c1-4-7-10-13-16-19-21-23-25-26-28-30-32-34-37-40-43-46-53(58)59-49(44-41-38-35-18-15-12-9-6-3)47-52(57)54-50(48-55)51(56)45-42-39-36-33-31-29-27-24-22-20-17-14-11-8-5-2/h12,15-16,19,23,25,28,30,34,37,49-51,55-56H,4-11,13-14,17-18,20-22,24,26-27,29,31-33,35-36,38-48H2,1-3H3,(H,54,57)/b15-12-,19-16-,25-23-,30-28-,37-34-. The molecule has 3 N–H and O–H groups in total. The number of carbonyl (C=O) groups excluding carboxylic acids is 2. The van der Waals surface area contributed by atoms with Crippen LogP contribution in [0, 0.1) is 0 Å². The van der Waals surface area contributed by atoms with Crippen molar-refractivity contribution in [2.75, 3.05) is 6.61 Å². The molecule has 0 aliphatic carbocycles. The summed E-state index contributed by atoms with van der Waals surface area (Å²) in [6.07, 6.45) is 57.2. The number of allylic oxidation sites excluding steroid dienone is 10. The third-order valence-electron chi connectivity index (χ3n) is 11.1. The number of hydrogen-bond donors (Lipinski definition) is 3. The lowest BCUT2D eigenvalue weighted by Crippen LogP contribution is -2.46. The Morgan fingerprint density at radius 2 is 0.898 bits per heavy atom. The molecule has 0 fully saturated rings. The molecule has 1 amide bonds. The Bertz CT molecular complexity index is 1060. The van der Waals surface area contributed by atoms with E-state index in [1.54, 1.807) is 0 Å². The molecule has 6 heteroatoms. The highest BCUT2D eigenvalue weighted by Crippen LogP contribution is 2.17. The highest BCUT2D eigenvalue weighted by Gasteiger charge is 2.24. The molecule has 0 aliphatic heterocycles. The second kappa shape index (κ2) is 46.6. The second-order valence-corrected chi connectivity index (χ2v) is 16.9. The van der Waals surface area contributed by atoms with E-state index in [0.717, 1.165) is 83.5 Å². The molecule has 0 saturated heterocycles. The molecule has 59 heavy (non-hydrogen) atoms. The van der Waals surface area contributed by atoms with Crippen LogP contribution in [0.25, 0.3) is 0 Å². The first-order valence-corrected chi connectivity index (χ1v) is 25.0. The number of carbonyl (C=O) groups is 2. The molecule has 6 nitrogen and oxygen atoms in total. The Morgan fingerprint density at radius 1 is 0.492 bits per heavy atom. The van der Waals surface area contributed by atoms with Crippen LogP contribution in [0.4, 0.5) is 0 Å². The lowest BCUT2D eigenvalue weighted by molar-refractivity contribution is -0.151. The monoisotopic (exact) mass is 826 g/mol. The van der Waals surface area contributed by atoms with Crippen molar-refractivity contribution in [1.82, 2.24) is 5.32 Å². The summed E-state index contributed by atoms with van der Waals surface area (Å²) in [7, 11) is 0. The number of aliphatic hydroxyl groups is 2. The summed E-state index contributed by atoms with van der Waals surface area (Å²) in [6, 6.07) is -0.717. The Labute approximate surface area is 365 Å². The van der Waals surface area contributed by atoms with Crippen LogP contribution in [0.15, 0.2) is 60.8 Å². The van der Waals surface area contributed by atoms with Gasteiger partial charge in [-0.05, 0) is 83.5 Å². The van der Waals surface area contributed by atoms with E-state index in [2.05, 4.69) is 86.8 Å². The van der Waals surface area contributed by atoms with Crippen molar-refractivity contribution >= 4 is 11.9 Å². The van der Waals surface area contributed by atoms with Gasteiger partial charge >= 0.3 is 5.97 Å². The summed E-state index contributed by atoms with van der Waals surface area (Å²) in [4.78, 5) is 26.0. The molecule has 342 valence electrons. The summed E-state index contributed by atoms with van der Waals surface area (Å²) in [5.41, 5.74) is 0. The summed E-state index contributed by atoms with van der Waals surface area (Å²) >= 11 is 0. The van der Waals surface area contributed by atoms with Crippen molar-refractivity contribution in [2.24, 2.45) is 0 Å². The van der Waals surface area contributed by atoms with E-state index in [9.17, 15) is 19.8 Å². The zero-order chi connectivity index (χ0) is 43.1. The summed E-state index contributed by atoms with van der Waals surface area (Å²) in [5.74, 6) is -0.561. The zero-order valence-corrected chi connectivity index (χ0v) is 38.9. The van der Waals surface area contributed by atoms with E-state index in [1.165, 1.54) is 103 Å². The van der Waals surface area contributed by atoms with E-state index in [-0.39, 0.29) is 24.9 Å². The normalized spacial score (nSPS) is 13.8. The minimum atomic E-state index is -0.801. The zero-order valence-electron chi connectivity index (χ0n) is 38.9. The molecular formula is C53H95NO5. The largest absolute Gasteiger partial charge is 0.462 e. The third kappa shape index (κ3) is 42.1. The fraction of sp³-hybridized carbons (Fsp3) is 0.774. The predicted octanol–water partition coefficient (Wildman–Crippen LogP) is 14.8. The van der Waals surface area contributed by atoms with Gasteiger partial charge in [-0.3, -0.25) is 9.59 Å². The molecule has 3 unspecified atom stereocenters. The molecule has 0 radical (unpaired) electrons. The molecule has 0 aliphatic rings. The van der Waals surface area contributed by atoms with Gasteiger partial charge < -0.3 is 20.3 Å². The van der Waals surface area contributed by atoms with Crippen LogP contribution in [0.3, 0.4) is 0 Å². The highest BCUT2D eigenvalue weighted by molar-refractivity contribution is 5.77. The maximum atomic E-state index is 13.1. The molecule has 3 atom stereocenters. The minimum Gasteiger partial charge on any atom is -0.462 e. The van der Waals surface area contributed by atoms with Gasteiger partial charge in [-0.1, -0.05) is 204 Å². The van der Waals surface area contributed by atoms with Crippen molar-refractivity contribution in [1.29, 1.82) is 0 Å². The van der Waals surface area contributed by atoms with Gasteiger partial charge in [0.25, 0.3) is 0 Å². The van der Waals surface area contributed by atoms with E-state index in [4.69, 9.17) is 4.74 Å². The number of aliphatic hydroxyl groups excluding tert-OH is 2. The van der Waals surface area contributed by atoms with Crippen LogP contribution in [0.5, 0.6) is 0 Å². The van der Waals surface area contributed by atoms with Crippen molar-refractivity contribution in [2.45, 2.75) is 257 Å². The lowest BCUT2D eigenvalue weighted by atomic mass is 10.0. The summed E-state index contributed by atoms with van der Waals surface area (Å²) in [6.45, 7) is 6.36. The first-order chi connectivity index (χ1) is 29.0. The van der Waals surface area contributed by atoms with Gasteiger partial charge in [-0.2, -0.15) is 0 Å². The van der Waals surface area contributed by atoms with E-state index in [0.29, 0.717) is 25.7 Å². The molecule has 0 rings (SSSR count). The van der Waals surface area contributed by atoms with Crippen LogP contribution in [0.2, 0.25) is 0 Å². The van der Waals surface area contributed by atoms with E-state index < -0.39 is 18.2 Å². The summed E-state index contributed by atoms with van der Waals surface area (Å²) < 4.78 is 5.86. The quantitative estimate of drug-likeness (QED) is 0.0323. The van der Waals surface area contributed by atoms with Gasteiger partial charge in [-0.15, -0.1) is 0 Å². The van der Waals surface area contributed by atoms with Gasteiger partial charge in [0.1, 0.15) is 6.10 Å². The third-order valence-corrected chi connectivity index (χ3v) is 11.1.